The Morgan fingerprint density at radius 3 is 2.69 bits per heavy atom. The molecule has 6 nitrogen and oxygen atoms in total. The minimum atomic E-state index is -0.279. The van der Waals surface area contributed by atoms with Crippen LogP contribution in [-0.4, -0.2) is 27.5 Å². The van der Waals surface area contributed by atoms with Crippen LogP contribution in [0.2, 0.25) is 0 Å². The van der Waals surface area contributed by atoms with E-state index in [1.54, 1.807) is 61.0 Å². The summed E-state index contributed by atoms with van der Waals surface area (Å²) in [7, 11) is 1.57. The van der Waals surface area contributed by atoms with Crippen LogP contribution in [0.15, 0.2) is 54.7 Å². The van der Waals surface area contributed by atoms with Crippen molar-refractivity contribution in [2.24, 2.45) is 0 Å². The Bertz CT molecular complexity index is 1150. The van der Waals surface area contributed by atoms with Gasteiger partial charge in [-0.15, -0.1) is 0 Å². The number of nitrogens with zero attached hydrogens (tertiary/aromatic N) is 2. The van der Waals surface area contributed by atoms with Gasteiger partial charge in [-0.05, 0) is 31.2 Å². The number of rotatable bonds is 3. The molecule has 130 valence electrons. The van der Waals surface area contributed by atoms with Gasteiger partial charge in [0.25, 0.3) is 5.91 Å². The zero-order valence-corrected chi connectivity index (χ0v) is 14.4. The predicted octanol–water partition coefficient (Wildman–Crippen LogP) is 3.76. The van der Waals surface area contributed by atoms with E-state index < -0.39 is 0 Å². The van der Waals surface area contributed by atoms with E-state index in [1.165, 1.54) is 0 Å². The van der Waals surface area contributed by atoms with Crippen LogP contribution in [0.5, 0.6) is 11.5 Å². The highest BCUT2D eigenvalue weighted by molar-refractivity contribution is 6.10. The number of amides is 1. The molecule has 1 amide bonds. The molecule has 0 spiro atoms. The third-order valence-corrected chi connectivity index (χ3v) is 4.37. The molecule has 6 heteroatoms. The normalized spacial score (nSPS) is 11.0. The summed E-state index contributed by atoms with van der Waals surface area (Å²) in [5, 5.41) is 14.4. The maximum atomic E-state index is 13.0. The largest absolute Gasteiger partial charge is 0.507 e. The molecule has 0 radical (unpaired) electrons. The molecule has 0 aliphatic carbocycles. The van der Waals surface area contributed by atoms with E-state index in [4.69, 9.17) is 4.74 Å². The Labute approximate surface area is 149 Å². The summed E-state index contributed by atoms with van der Waals surface area (Å²) < 4.78 is 7.04. The maximum Gasteiger partial charge on any atom is 0.274 e. The number of phenolic OH excluding ortho intramolecular Hbond substituents is 1. The summed E-state index contributed by atoms with van der Waals surface area (Å²) in [6.45, 7) is 1.79. The van der Waals surface area contributed by atoms with E-state index >= 15 is 0 Å². The number of anilines is 1. The van der Waals surface area contributed by atoms with Crippen LogP contribution in [0, 0.1) is 6.92 Å². The zero-order chi connectivity index (χ0) is 18.3. The van der Waals surface area contributed by atoms with Gasteiger partial charge in [0.1, 0.15) is 11.4 Å². The first-order valence-corrected chi connectivity index (χ1v) is 8.14. The average molecular weight is 347 g/mol. The van der Waals surface area contributed by atoms with Crippen LogP contribution >= 0.6 is 0 Å². The Kier molecular flexibility index (Phi) is 3.73. The van der Waals surface area contributed by atoms with E-state index in [0.29, 0.717) is 33.9 Å². The number of benzene rings is 2. The van der Waals surface area contributed by atoms with Gasteiger partial charge in [0.2, 0.25) is 0 Å². The number of nitrogens with one attached hydrogen (secondary N) is 1. The van der Waals surface area contributed by atoms with Gasteiger partial charge in [0, 0.05) is 22.7 Å². The molecule has 0 fully saturated rings. The number of methoxy groups -OCH3 is 1. The van der Waals surface area contributed by atoms with Gasteiger partial charge in [-0.2, -0.15) is 0 Å². The van der Waals surface area contributed by atoms with Crippen LogP contribution in [-0.2, 0) is 0 Å². The molecule has 2 heterocycles. The number of imidazole rings is 1. The van der Waals surface area contributed by atoms with Gasteiger partial charge >= 0.3 is 0 Å². The van der Waals surface area contributed by atoms with E-state index in [1.807, 2.05) is 12.1 Å². The second-order valence-corrected chi connectivity index (χ2v) is 5.95. The highest BCUT2D eigenvalue weighted by atomic mass is 16.5. The van der Waals surface area contributed by atoms with E-state index in [0.717, 1.165) is 5.39 Å². The van der Waals surface area contributed by atoms with Crippen molar-refractivity contribution in [1.29, 1.82) is 0 Å². The van der Waals surface area contributed by atoms with Crippen molar-refractivity contribution >= 4 is 28.0 Å². The molecule has 2 N–H and O–H groups in total. The number of aromatic hydroxyl groups is 1. The second kappa shape index (κ2) is 6.07. The number of aromatic nitrogens is 2. The summed E-state index contributed by atoms with van der Waals surface area (Å²) in [6.07, 6.45) is 1.78. The molecule has 0 saturated carbocycles. The minimum Gasteiger partial charge on any atom is -0.507 e. The van der Waals surface area contributed by atoms with E-state index in [9.17, 15) is 9.90 Å². The molecule has 0 saturated heterocycles. The number of carbonyl (C=O) groups is 1. The molecule has 2 aromatic heterocycles. The minimum absolute atomic E-state index is 0.175. The van der Waals surface area contributed by atoms with Crippen molar-refractivity contribution in [2.75, 3.05) is 12.4 Å². The highest BCUT2D eigenvalue weighted by Crippen LogP contribution is 2.30. The van der Waals surface area contributed by atoms with Crippen LogP contribution in [0.4, 0.5) is 5.69 Å². The van der Waals surface area contributed by atoms with Gasteiger partial charge in [-0.25, -0.2) is 4.98 Å². The fourth-order valence-electron chi connectivity index (χ4n) is 3.17. The standard InChI is InChI=1S/C20H17N3O3/c1-12-18(23-11-5-10-17(26-2)19(23)21-12)20(25)22-15-8-3-7-14-13(15)6-4-9-16(14)24/h3-11,24H,1-2H3,(H,22,25). The monoisotopic (exact) mass is 347 g/mol. The van der Waals surface area contributed by atoms with E-state index in [-0.39, 0.29) is 11.7 Å². The fraction of sp³-hybridized carbons (Fsp3) is 0.100. The summed E-state index contributed by atoms with van der Waals surface area (Å²) in [5.41, 5.74) is 2.26. The molecular weight excluding hydrogens is 330 g/mol. The Morgan fingerprint density at radius 2 is 1.88 bits per heavy atom. The second-order valence-electron chi connectivity index (χ2n) is 5.95. The third-order valence-electron chi connectivity index (χ3n) is 4.37. The van der Waals surface area contributed by atoms with Gasteiger partial charge in [0.05, 0.1) is 12.8 Å². The summed E-state index contributed by atoms with van der Waals surface area (Å²) in [4.78, 5) is 17.4. The van der Waals surface area contributed by atoms with Crippen molar-refractivity contribution in [3.63, 3.8) is 0 Å². The lowest BCUT2D eigenvalue weighted by Crippen LogP contribution is -2.15. The summed E-state index contributed by atoms with van der Waals surface area (Å²) in [5.74, 6) is 0.498. The Morgan fingerprint density at radius 1 is 1.12 bits per heavy atom. The topological polar surface area (TPSA) is 75.9 Å². The molecule has 4 rings (SSSR count). The number of phenols is 1. The molecule has 2 aromatic carbocycles. The quantitative estimate of drug-likeness (QED) is 0.592. The fourth-order valence-corrected chi connectivity index (χ4v) is 3.17. The van der Waals surface area contributed by atoms with Gasteiger partial charge in [0.15, 0.2) is 11.4 Å². The van der Waals surface area contributed by atoms with Crippen LogP contribution in [0.1, 0.15) is 16.2 Å². The predicted molar refractivity (Wildman–Crippen MR) is 100 cm³/mol. The number of hydrogen-bond donors (Lipinski definition) is 2. The summed E-state index contributed by atoms with van der Waals surface area (Å²) >= 11 is 0. The van der Waals surface area contributed by atoms with Crippen LogP contribution in [0.3, 0.4) is 0 Å². The molecule has 4 aromatic rings. The Balaban J connectivity index is 1.80. The maximum absolute atomic E-state index is 13.0. The molecule has 0 bridgehead atoms. The third kappa shape index (κ3) is 2.43. The molecule has 0 unspecified atom stereocenters. The lowest BCUT2D eigenvalue weighted by atomic mass is 10.1. The number of pyridine rings is 1. The number of hydrogen-bond acceptors (Lipinski definition) is 4. The van der Waals surface area contributed by atoms with Crippen LogP contribution < -0.4 is 10.1 Å². The van der Waals surface area contributed by atoms with Crippen molar-refractivity contribution in [2.45, 2.75) is 6.92 Å². The average Bonchev–Trinajstić information content (AvgIpc) is 2.98. The number of ether oxygens (including phenoxy) is 1. The first-order valence-electron chi connectivity index (χ1n) is 8.14. The molecule has 0 atom stereocenters. The van der Waals surface area contributed by atoms with Crippen molar-refractivity contribution < 1.29 is 14.6 Å². The van der Waals surface area contributed by atoms with Crippen molar-refractivity contribution in [3.05, 3.63) is 66.1 Å². The number of fused-ring (bicyclic) bond motifs is 2. The van der Waals surface area contributed by atoms with Gasteiger partial charge in [-0.1, -0.05) is 24.3 Å². The highest BCUT2D eigenvalue weighted by Gasteiger charge is 2.19. The Hall–Kier alpha value is -3.54. The molecule has 0 aliphatic heterocycles. The first kappa shape index (κ1) is 16.0. The van der Waals surface area contributed by atoms with Gasteiger partial charge < -0.3 is 15.2 Å². The molecule has 26 heavy (non-hydrogen) atoms. The van der Waals surface area contributed by atoms with Crippen LogP contribution in [0.25, 0.3) is 16.4 Å². The van der Waals surface area contributed by atoms with Gasteiger partial charge in [-0.3, -0.25) is 9.20 Å². The lowest BCUT2D eigenvalue weighted by Gasteiger charge is -2.10. The SMILES string of the molecule is COc1cccn2c(C(=O)Nc3cccc4c(O)cccc34)c(C)nc12. The number of aryl methyl sites for hydroxylation is 1. The number of carbonyl (C=O) groups excluding carboxylic acids is 1. The zero-order valence-electron chi connectivity index (χ0n) is 14.4. The molecular formula is C20H17N3O3. The van der Waals surface area contributed by atoms with Crippen molar-refractivity contribution in [3.8, 4) is 11.5 Å². The molecule has 0 aliphatic rings. The first-order chi connectivity index (χ1) is 12.6. The van der Waals surface area contributed by atoms with Crippen molar-refractivity contribution in [1.82, 2.24) is 9.38 Å². The smallest absolute Gasteiger partial charge is 0.274 e. The van der Waals surface area contributed by atoms with E-state index in [2.05, 4.69) is 10.3 Å². The lowest BCUT2D eigenvalue weighted by molar-refractivity contribution is 0.102. The summed E-state index contributed by atoms with van der Waals surface area (Å²) in [6, 6.07) is 14.2.